The highest BCUT2D eigenvalue weighted by Crippen LogP contribution is 2.40. The highest BCUT2D eigenvalue weighted by molar-refractivity contribution is 6.10. The van der Waals surface area contributed by atoms with Gasteiger partial charge in [-0.1, -0.05) is 109 Å². The second-order valence-corrected chi connectivity index (χ2v) is 13.7. The summed E-state index contributed by atoms with van der Waals surface area (Å²) in [5, 5.41) is 2.22. The molecular weight excluding hydrogens is 673 g/mol. The smallest absolute Gasteiger partial charge is 0.143 e. The van der Waals surface area contributed by atoms with E-state index in [1.54, 1.807) is 12.7 Å². The normalized spacial score (nSPS) is 11.3. The molecule has 0 aliphatic carbocycles. The number of nitrogens with zero attached hydrogens (tertiary/aromatic N) is 4. The van der Waals surface area contributed by atoms with Crippen LogP contribution in [0.3, 0.4) is 0 Å². The first-order valence-corrected chi connectivity index (χ1v) is 18.2. The van der Waals surface area contributed by atoms with Gasteiger partial charge in [-0.15, -0.1) is 0 Å². The van der Waals surface area contributed by atoms with Crippen LogP contribution in [0.5, 0.6) is 0 Å². The molecule has 0 bridgehead atoms. The molecule has 0 aliphatic heterocycles. The largest absolute Gasteiger partial charge is 0.455 e. The van der Waals surface area contributed by atoms with Gasteiger partial charge in [0.25, 0.3) is 0 Å². The van der Waals surface area contributed by atoms with Crippen LogP contribution in [0.15, 0.2) is 200 Å². The molecule has 3 heterocycles. The van der Waals surface area contributed by atoms with Crippen molar-refractivity contribution in [2.45, 2.75) is 0 Å². The van der Waals surface area contributed by atoms with Crippen LogP contribution in [0.4, 0.5) is 0 Å². The maximum Gasteiger partial charge on any atom is 0.143 e. The van der Waals surface area contributed by atoms with Crippen molar-refractivity contribution in [1.29, 1.82) is 0 Å². The van der Waals surface area contributed by atoms with Crippen molar-refractivity contribution in [3.05, 3.63) is 195 Å². The van der Waals surface area contributed by atoms with Gasteiger partial charge < -0.3 is 4.42 Å². The Bertz CT molecular complexity index is 2850. The summed E-state index contributed by atoms with van der Waals surface area (Å²) in [5.74, 6) is 0. The molecule has 0 atom stereocenters. The number of hydrogen-bond donors (Lipinski definition) is 0. The summed E-state index contributed by atoms with van der Waals surface area (Å²) in [7, 11) is 0. The molecule has 3 aromatic heterocycles. The second-order valence-electron chi connectivity index (χ2n) is 13.7. The Morgan fingerprint density at radius 2 is 0.655 bits per heavy atom. The molecule has 258 valence electrons. The van der Waals surface area contributed by atoms with Crippen LogP contribution >= 0.6 is 0 Å². The van der Waals surface area contributed by atoms with Gasteiger partial charge in [-0.3, -0.25) is 0 Å². The standard InChI is InChI=1S/C50H32N4O/c1-2-19-49-47(16-1)48-18-7-17-46(50(48)55-49)43-25-41(37-12-3-8-33(20-37)35-10-5-14-39(22-35)44-27-51-31-52-28-44)24-42(26-43)38-13-4-9-34(21-38)36-11-6-15-40(23-36)45-29-53-32-54-30-45/h1-32H. The first kappa shape index (κ1) is 32.2. The number of para-hydroxylation sites is 2. The van der Waals surface area contributed by atoms with Crippen LogP contribution in [0.1, 0.15) is 0 Å². The molecule has 0 aliphatic rings. The predicted molar refractivity (Wildman–Crippen MR) is 223 cm³/mol. The van der Waals surface area contributed by atoms with Gasteiger partial charge in [-0.2, -0.15) is 0 Å². The van der Waals surface area contributed by atoms with Gasteiger partial charge in [0, 0.05) is 52.3 Å². The average Bonchev–Trinajstić information content (AvgIpc) is 3.66. The molecule has 0 amide bonds. The van der Waals surface area contributed by atoms with Gasteiger partial charge >= 0.3 is 0 Å². The van der Waals surface area contributed by atoms with E-state index in [9.17, 15) is 0 Å². The maximum atomic E-state index is 6.56. The highest BCUT2D eigenvalue weighted by atomic mass is 16.3. The Kier molecular flexibility index (Phi) is 8.08. The monoisotopic (exact) mass is 704 g/mol. The summed E-state index contributed by atoms with van der Waals surface area (Å²) < 4.78 is 6.56. The maximum absolute atomic E-state index is 6.56. The first-order chi connectivity index (χ1) is 27.2. The molecule has 0 saturated carbocycles. The van der Waals surface area contributed by atoms with Gasteiger partial charge in [0.15, 0.2) is 0 Å². The molecule has 0 N–H and O–H groups in total. The number of rotatable bonds is 7. The fourth-order valence-corrected chi connectivity index (χ4v) is 7.50. The summed E-state index contributed by atoms with van der Waals surface area (Å²) in [6.45, 7) is 0. The average molecular weight is 705 g/mol. The lowest BCUT2D eigenvalue weighted by Gasteiger charge is -2.14. The Hall–Kier alpha value is -7.50. The van der Waals surface area contributed by atoms with Crippen LogP contribution in [-0.4, -0.2) is 19.9 Å². The quantitative estimate of drug-likeness (QED) is 0.165. The predicted octanol–water partition coefficient (Wildman–Crippen LogP) is 12.8. The zero-order valence-electron chi connectivity index (χ0n) is 29.7. The zero-order chi connectivity index (χ0) is 36.6. The molecule has 0 unspecified atom stereocenters. The summed E-state index contributed by atoms with van der Waals surface area (Å²) in [6, 6.07) is 56.2. The molecule has 10 rings (SSSR count). The van der Waals surface area contributed by atoms with E-state index in [0.717, 1.165) is 99.8 Å². The van der Waals surface area contributed by atoms with Crippen molar-refractivity contribution in [2.24, 2.45) is 0 Å². The van der Waals surface area contributed by atoms with Crippen molar-refractivity contribution in [2.75, 3.05) is 0 Å². The van der Waals surface area contributed by atoms with Gasteiger partial charge in [0.1, 0.15) is 23.8 Å². The fraction of sp³-hybridized carbons (Fsp3) is 0. The molecule has 0 fully saturated rings. The third kappa shape index (κ3) is 6.24. The molecule has 55 heavy (non-hydrogen) atoms. The minimum Gasteiger partial charge on any atom is -0.455 e. The van der Waals surface area contributed by atoms with E-state index in [1.165, 1.54) is 0 Å². The summed E-state index contributed by atoms with van der Waals surface area (Å²) in [5.41, 5.74) is 17.0. The van der Waals surface area contributed by atoms with E-state index >= 15 is 0 Å². The number of aromatic nitrogens is 4. The van der Waals surface area contributed by atoms with Gasteiger partial charge in [-0.25, -0.2) is 19.9 Å². The molecule has 0 spiro atoms. The van der Waals surface area contributed by atoms with Crippen molar-refractivity contribution >= 4 is 21.9 Å². The molecule has 5 heteroatoms. The summed E-state index contributed by atoms with van der Waals surface area (Å²) >= 11 is 0. The van der Waals surface area contributed by atoms with Crippen molar-refractivity contribution in [1.82, 2.24) is 19.9 Å². The number of benzene rings is 7. The topological polar surface area (TPSA) is 64.7 Å². The van der Waals surface area contributed by atoms with E-state index < -0.39 is 0 Å². The lowest BCUT2D eigenvalue weighted by molar-refractivity contribution is 0.670. The Morgan fingerprint density at radius 1 is 0.291 bits per heavy atom. The number of furan rings is 1. The van der Waals surface area contributed by atoms with Crippen LogP contribution in [0.2, 0.25) is 0 Å². The van der Waals surface area contributed by atoms with E-state index in [-0.39, 0.29) is 0 Å². The minimum atomic E-state index is 0.885. The van der Waals surface area contributed by atoms with E-state index in [1.807, 2.05) is 36.9 Å². The molecule has 5 nitrogen and oxygen atoms in total. The SMILES string of the molecule is c1cc(-c2cncnc2)cc(-c2cccc(-c3cc(-c4cccc(-c5cccc(-c6cncnc6)c5)c4)cc(-c4cccc5c4oc4ccccc45)c3)c2)c1. The van der Waals surface area contributed by atoms with Crippen molar-refractivity contribution in [3.63, 3.8) is 0 Å². The minimum absolute atomic E-state index is 0.885. The molecule has 7 aromatic carbocycles. The lowest BCUT2D eigenvalue weighted by Crippen LogP contribution is -1.89. The summed E-state index contributed by atoms with van der Waals surface area (Å²) in [6.07, 6.45) is 10.5. The Morgan fingerprint density at radius 3 is 1.15 bits per heavy atom. The third-order valence-corrected chi connectivity index (χ3v) is 10.2. The molecule has 10 aromatic rings. The fourth-order valence-electron chi connectivity index (χ4n) is 7.50. The number of fused-ring (bicyclic) bond motifs is 3. The van der Waals surface area contributed by atoms with Crippen LogP contribution in [0, 0.1) is 0 Å². The van der Waals surface area contributed by atoms with Crippen molar-refractivity contribution < 1.29 is 4.42 Å². The van der Waals surface area contributed by atoms with Crippen LogP contribution in [0.25, 0.3) is 99.8 Å². The van der Waals surface area contributed by atoms with Crippen molar-refractivity contribution in [3.8, 4) is 77.9 Å². The lowest BCUT2D eigenvalue weighted by atomic mass is 9.90. The Labute approximate surface area is 318 Å². The Balaban J connectivity index is 1.12. The molecular formula is C50H32N4O. The molecule has 0 radical (unpaired) electrons. The third-order valence-electron chi connectivity index (χ3n) is 10.2. The van der Waals surface area contributed by atoms with Gasteiger partial charge in [0.05, 0.1) is 0 Å². The first-order valence-electron chi connectivity index (χ1n) is 18.2. The number of hydrogen-bond acceptors (Lipinski definition) is 5. The van der Waals surface area contributed by atoms with E-state index in [4.69, 9.17) is 4.42 Å². The van der Waals surface area contributed by atoms with Crippen LogP contribution < -0.4 is 0 Å². The highest BCUT2D eigenvalue weighted by Gasteiger charge is 2.15. The van der Waals surface area contributed by atoms with Gasteiger partial charge in [-0.05, 0) is 110 Å². The van der Waals surface area contributed by atoms with Gasteiger partial charge in [0.2, 0.25) is 0 Å². The second kappa shape index (κ2) is 13.8. The van der Waals surface area contributed by atoms with E-state index in [2.05, 4.69) is 166 Å². The molecule has 0 saturated heterocycles. The zero-order valence-corrected chi connectivity index (χ0v) is 29.7. The summed E-state index contributed by atoms with van der Waals surface area (Å²) in [4.78, 5) is 16.9. The van der Waals surface area contributed by atoms with Crippen LogP contribution in [-0.2, 0) is 0 Å². The van der Waals surface area contributed by atoms with E-state index in [0.29, 0.717) is 0 Å².